The van der Waals surface area contributed by atoms with Crippen LogP contribution in [-0.4, -0.2) is 55.2 Å². The number of carbonyl (C=O) groups is 3. The molecule has 1 heterocycles. The first-order valence-corrected chi connectivity index (χ1v) is 11.8. The summed E-state index contributed by atoms with van der Waals surface area (Å²) < 4.78 is 29.0. The average molecular weight is 505 g/mol. The van der Waals surface area contributed by atoms with Crippen LogP contribution in [-0.2, 0) is 23.7 Å². The van der Waals surface area contributed by atoms with E-state index in [-0.39, 0.29) is 0 Å². The van der Waals surface area contributed by atoms with E-state index < -0.39 is 48.1 Å². The van der Waals surface area contributed by atoms with Gasteiger partial charge in [0, 0.05) is 7.11 Å². The van der Waals surface area contributed by atoms with Gasteiger partial charge in [0.05, 0.1) is 16.7 Å². The fraction of sp³-hybridized carbons (Fsp3) is 0.276. The molecule has 3 aromatic rings. The Bertz CT molecular complexity index is 1210. The summed E-state index contributed by atoms with van der Waals surface area (Å²) in [6, 6.07) is 25.3. The van der Waals surface area contributed by atoms with Crippen LogP contribution in [0.4, 0.5) is 0 Å². The molecule has 0 aromatic heterocycles. The molecule has 37 heavy (non-hydrogen) atoms. The molecule has 0 amide bonds. The van der Waals surface area contributed by atoms with Gasteiger partial charge < -0.3 is 23.7 Å². The predicted octanol–water partition coefficient (Wildman–Crippen LogP) is 4.44. The topological polar surface area (TPSA) is 97.4 Å². The molecule has 2 unspecified atom stereocenters. The number of ether oxygens (including phenoxy) is 5. The van der Waals surface area contributed by atoms with Gasteiger partial charge in [-0.1, -0.05) is 54.6 Å². The summed E-state index contributed by atoms with van der Waals surface area (Å²) in [5, 5.41) is 0. The highest BCUT2D eigenvalue weighted by molar-refractivity contribution is 5.91. The van der Waals surface area contributed by atoms with Gasteiger partial charge in [-0.05, 0) is 50.2 Å². The molecule has 0 radical (unpaired) electrons. The molecule has 4 rings (SSSR count). The summed E-state index contributed by atoms with van der Waals surface area (Å²) in [4.78, 5) is 38.9. The third-order valence-corrected chi connectivity index (χ3v) is 6.16. The molecule has 0 saturated carbocycles. The first-order valence-electron chi connectivity index (χ1n) is 11.8. The summed E-state index contributed by atoms with van der Waals surface area (Å²) in [7, 11) is 1.39. The number of benzene rings is 3. The van der Waals surface area contributed by atoms with Crippen molar-refractivity contribution in [2.75, 3.05) is 7.11 Å². The van der Waals surface area contributed by atoms with Crippen LogP contribution in [0.25, 0.3) is 0 Å². The maximum absolute atomic E-state index is 13.1. The van der Waals surface area contributed by atoms with Crippen LogP contribution >= 0.6 is 0 Å². The molecule has 8 heteroatoms. The van der Waals surface area contributed by atoms with Gasteiger partial charge in [-0.3, -0.25) is 0 Å². The molecule has 1 saturated heterocycles. The van der Waals surface area contributed by atoms with E-state index in [2.05, 4.69) is 0 Å². The van der Waals surface area contributed by atoms with Crippen molar-refractivity contribution in [3.05, 3.63) is 108 Å². The maximum atomic E-state index is 13.1. The van der Waals surface area contributed by atoms with Crippen molar-refractivity contribution in [2.24, 2.45) is 0 Å². The van der Waals surface area contributed by atoms with Gasteiger partial charge in [-0.25, -0.2) is 14.4 Å². The van der Waals surface area contributed by atoms with Crippen LogP contribution in [0.3, 0.4) is 0 Å². The normalized spacial score (nSPS) is 23.6. The summed E-state index contributed by atoms with van der Waals surface area (Å²) in [6.07, 6.45) is -4.18. The molecule has 192 valence electrons. The van der Waals surface area contributed by atoms with Crippen molar-refractivity contribution in [3.63, 3.8) is 0 Å². The van der Waals surface area contributed by atoms with Gasteiger partial charge in [-0.15, -0.1) is 0 Å². The van der Waals surface area contributed by atoms with Crippen LogP contribution in [0.5, 0.6) is 0 Å². The Morgan fingerprint density at radius 1 is 0.757 bits per heavy atom. The van der Waals surface area contributed by atoms with E-state index in [1.54, 1.807) is 105 Å². The largest absolute Gasteiger partial charge is 0.456 e. The van der Waals surface area contributed by atoms with Crippen LogP contribution < -0.4 is 0 Å². The fourth-order valence-electron chi connectivity index (χ4n) is 4.21. The van der Waals surface area contributed by atoms with Gasteiger partial charge >= 0.3 is 17.9 Å². The number of hydrogen-bond donors (Lipinski definition) is 0. The second kappa shape index (κ2) is 11.4. The molecule has 8 nitrogen and oxygen atoms in total. The van der Waals surface area contributed by atoms with Crippen molar-refractivity contribution < 1.29 is 38.1 Å². The van der Waals surface area contributed by atoms with Crippen molar-refractivity contribution in [1.29, 1.82) is 0 Å². The highest BCUT2D eigenvalue weighted by Crippen LogP contribution is 2.40. The number of carbonyl (C=O) groups excluding carboxylic acids is 3. The second-order valence-electron chi connectivity index (χ2n) is 8.78. The first kappa shape index (κ1) is 26.1. The lowest BCUT2D eigenvalue weighted by Gasteiger charge is -2.34. The van der Waals surface area contributed by atoms with Crippen LogP contribution in [0.1, 0.15) is 44.9 Å². The lowest BCUT2D eigenvalue weighted by molar-refractivity contribution is -0.191. The zero-order valence-corrected chi connectivity index (χ0v) is 20.7. The Hall–Kier alpha value is -4.01. The zero-order valence-electron chi connectivity index (χ0n) is 20.7. The van der Waals surface area contributed by atoms with Crippen LogP contribution in [0.2, 0.25) is 0 Å². The lowest BCUT2D eigenvalue weighted by Crippen LogP contribution is -2.53. The summed E-state index contributed by atoms with van der Waals surface area (Å²) in [5.41, 5.74) is -0.609. The summed E-state index contributed by atoms with van der Waals surface area (Å²) in [6.45, 7) is 3.18. The van der Waals surface area contributed by atoms with Gasteiger partial charge in [-0.2, -0.15) is 0 Å². The second-order valence-corrected chi connectivity index (χ2v) is 8.78. The third kappa shape index (κ3) is 5.71. The van der Waals surface area contributed by atoms with E-state index in [0.717, 1.165) is 0 Å². The smallest absolute Gasteiger partial charge is 0.338 e. The summed E-state index contributed by atoms with van der Waals surface area (Å²) in [5.74, 6) is -1.88. The number of esters is 3. The first-order chi connectivity index (χ1) is 17.8. The minimum Gasteiger partial charge on any atom is -0.456 e. The van der Waals surface area contributed by atoms with Gasteiger partial charge in [0.1, 0.15) is 12.2 Å². The molecule has 1 fully saturated rings. The molecule has 0 spiro atoms. The van der Waals surface area contributed by atoms with E-state index in [0.29, 0.717) is 16.7 Å². The monoisotopic (exact) mass is 504 g/mol. The Morgan fingerprint density at radius 2 is 1.22 bits per heavy atom. The van der Waals surface area contributed by atoms with Crippen molar-refractivity contribution >= 4 is 17.9 Å². The molecule has 1 aliphatic heterocycles. The van der Waals surface area contributed by atoms with Gasteiger partial charge in [0.2, 0.25) is 6.29 Å². The number of rotatable bonds is 8. The van der Waals surface area contributed by atoms with Crippen molar-refractivity contribution in [2.45, 2.75) is 44.1 Å². The predicted molar refractivity (Wildman–Crippen MR) is 133 cm³/mol. The van der Waals surface area contributed by atoms with E-state index in [4.69, 9.17) is 23.7 Å². The third-order valence-electron chi connectivity index (χ3n) is 6.16. The van der Waals surface area contributed by atoms with Crippen LogP contribution in [0.15, 0.2) is 91.0 Å². The van der Waals surface area contributed by atoms with Crippen LogP contribution in [0, 0.1) is 0 Å². The summed E-state index contributed by atoms with van der Waals surface area (Å²) >= 11 is 0. The van der Waals surface area contributed by atoms with Gasteiger partial charge in [0.15, 0.2) is 11.7 Å². The quantitative estimate of drug-likeness (QED) is 0.328. The SMILES string of the molecule is CO[C@H]1O[C@H](C(C)OC(=O)c2ccccc2)[C@@H](OC(=O)c2ccccc2)C1(C)OC(=O)c1ccccc1. The Balaban J connectivity index is 1.64. The Labute approximate surface area is 215 Å². The molecular weight excluding hydrogens is 476 g/mol. The standard InChI is InChI=1S/C29H28O8/c1-19(34-25(30)20-13-7-4-8-14-20)23-24(36-26(31)21-15-9-5-10-16-21)29(2,28(33-3)35-23)37-27(32)22-17-11-6-12-18-22/h4-19,23-24,28H,1-3H3/t19?,23-,24-,28+,29?/m1/s1. The highest BCUT2D eigenvalue weighted by Gasteiger charge is 2.61. The van der Waals surface area contributed by atoms with Crippen molar-refractivity contribution in [1.82, 2.24) is 0 Å². The minimum atomic E-state index is -1.57. The Kier molecular flexibility index (Phi) is 8.01. The average Bonchev–Trinajstić information content (AvgIpc) is 3.20. The lowest BCUT2D eigenvalue weighted by atomic mass is 9.94. The molecule has 0 N–H and O–H groups in total. The number of methoxy groups -OCH3 is 1. The maximum Gasteiger partial charge on any atom is 0.338 e. The highest BCUT2D eigenvalue weighted by atomic mass is 16.7. The van der Waals surface area contributed by atoms with Crippen molar-refractivity contribution in [3.8, 4) is 0 Å². The molecule has 5 atom stereocenters. The molecule has 3 aromatic carbocycles. The zero-order chi connectivity index (χ0) is 26.4. The Morgan fingerprint density at radius 3 is 1.70 bits per heavy atom. The number of hydrogen-bond acceptors (Lipinski definition) is 8. The minimum absolute atomic E-state index is 0.299. The fourth-order valence-corrected chi connectivity index (χ4v) is 4.21. The molecule has 0 bridgehead atoms. The van der Waals surface area contributed by atoms with E-state index in [9.17, 15) is 14.4 Å². The molecule has 0 aliphatic carbocycles. The van der Waals surface area contributed by atoms with Gasteiger partial charge in [0.25, 0.3) is 0 Å². The van der Waals surface area contributed by atoms with E-state index in [1.165, 1.54) is 7.11 Å². The van der Waals surface area contributed by atoms with E-state index >= 15 is 0 Å². The molecular formula is C29H28O8. The molecule has 1 aliphatic rings. The van der Waals surface area contributed by atoms with E-state index in [1.807, 2.05) is 0 Å².